The lowest BCUT2D eigenvalue weighted by Crippen LogP contribution is -2.52. The smallest absolute Gasteiger partial charge is 0.321 e. The van der Waals surface area contributed by atoms with Crippen LogP contribution in [0.5, 0.6) is 0 Å². The molecule has 0 bridgehead atoms. The van der Waals surface area contributed by atoms with Crippen LogP contribution >= 0.6 is 11.6 Å². The number of hydrogen-bond donors (Lipinski definition) is 1. The van der Waals surface area contributed by atoms with Crippen LogP contribution in [0.3, 0.4) is 0 Å². The Bertz CT molecular complexity index is 914. The van der Waals surface area contributed by atoms with Crippen molar-refractivity contribution in [1.82, 2.24) is 14.5 Å². The fourth-order valence-corrected chi connectivity index (χ4v) is 3.35. The van der Waals surface area contributed by atoms with Crippen molar-refractivity contribution in [2.75, 3.05) is 18.4 Å². The summed E-state index contributed by atoms with van der Waals surface area (Å²) >= 11 is 6.08. The summed E-state index contributed by atoms with van der Waals surface area (Å²) in [5.74, 6) is 0.979. The summed E-state index contributed by atoms with van der Waals surface area (Å²) < 4.78 is 2.22. The molecular weight excluding hydrogens is 324 g/mol. The SMILES string of the molecule is Cc1nc2ccccc2n1C1CN(C(=O)Nc2ccccc2Cl)C1. The van der Waals surface area contributed by atoms with Gasteiger partial charge < -0.3 is 14.8 Å². The summed E-state index contributed by atoms with van der Waals surface area (Å²) in [6.45, 7) is 3.33. The number of fused-ring (bicyclic) bond motifs is 1. The Morgan fingerprint density at radius 2 is 1.88 bits per heavy atom. The number of rotatable bonds is 2. The maximum absolute atomic E-state index is 12.3. The second kappa shape index (κ2) is 5.83. The van der Waals surface area contributed by atoms with Crippen molar-refractivity contribution >= 4 is 34.4 Å². The van der Waals surface area contributed by atoms with E-state index < -0.39 is 0 Å². The number of nitrogens with zero attached hydrogens (tertiary/aromatic N) is 3. The molecule has 3 aromatic rings. The quantitative estimate of drug-likeness (QED) is 0.764. The van der Waals surface area contributed by atoms with Crippen LogP contribution in [0.1, 0.15) is 11.9 Å². The molecule has 0 spiro atoms. The van der Waals surface area contributed by atoms with Gasteiger partial charge in [0, 0.05) is 13.1 Å². The molecule has 122 valence electrons. The molecule has 24 heavy (non-hydrogen) atoms. The number of amides is 2. The fraction of sp³-hybridized carbons (Fsp3) is 0.222. The van der Waals surface area contributed by atoms with Gasteiger partial charge in [-0.15, -0.1) is 0 Å². The number of para-hydroxylation sites is 3. The topological polar surface area (TPSA) is 50.2 Å². The van der Waals surface area contributed by atoms with Crippen molar-refractivity contribution in [2.24, 2.45) is 0 Å². The van der Waals surface area contributed by atoms with Crippen LogP contribution in [0.2, 0.25) is 5.02 Å². The van der Waals surface area contributed by atoms with Crippen molar-refractivity contribution in [2.45, 2.75) is 13.0 Å². The summed E-state index contributed by atoms with van der Waals surface area (Å²) in [7, 11) is 0. The highest BCUT2D eigenvalue weighted by molar-refractivity contribution is 6.33. The molecule has 2 amide bonds. The predicted molar refractivity (Wildman–Crippen MR) is 95.6 cm³/mol. The Hall–Kier alpha value is -2.53. The molecule has 0 radical (unpaired) electrons. The number of likely N-dealkylation sites (tertiary alicyclic amines) is 1. The van der Waals surface area contributed by atoms with E-state index in [0.29, 0.717) is 23.8 Å². The third-order valence-electron chi connectivity index (χ3n) is 4.40. The predicted octanol–water partition coefficient (Wildman–Crippen LogP) is 4.09. The van der Waals surface area contributed by atoms with E-state index in [9.17, 15) is 4.79 Å². The molecule has 2 heterocycles. The number of hydrogen-bond acceptors (Lipinski definition) is 2. The number of nitrogens with one attached hydrogen (secondary N) is 1. The van der Waals surface area contributed by atoms with Crippen LogP contribution in [0.25, 0.3) is 11.0 Å². The molecule has 5 nitrogen and oxygen atoms in total. The highest BCUT2D eigenvalue weighted by Crippen LogP contribution is 2.29. The number of urea groups is 1. The summed E-state index contributed by atoms with van der Waals surface area (Å²) in [6, 6.07) is 15.5. The zero-order valence-electron chi connectivity index (χ0n) is 13.2. The minimum absolute atomic E-state index is 0.124. The number of carbonyl (C=O) groups is 1. The van der Waals surface area contributed by atoms with Crippen molar-refractivity contribution in [3.63, 3.8) is 0 Å². The van der Waals surface area contributed by atoms with Crippen molar-refractivity contribution < 1.29 is 4.79 Å². The third kappa shape index (κ3) is 2.51. The van der Waals surface area contributed by atoms with Crippen LogP contribution in [0, 0.1) is 6.92 Å². The average molecular weight is 341 g/mol. The van der Waals surface area contributed by atoms with Gasteiger partial charge >= 0.3 is 6.03 Å². The molecular formula is C18H17ClN4O. The monoisotopic (exact) mass is 340 g/mol. The summed E-state index contributed by atoms with van der Waals surface area (Å²) in [6.07, 6.45) is 0. The first-order valence-corrected chi connectivity index (χ1v) is 8.25. The lowest BCUT2D eigenvalue weighted by Gasteiger charge is -2.40. The minimum atomic E-state index is -0.124. The largest absolute Gasteiger partial charge is 0.322 e. The normalized spacial score (nSPS) is 14.7. The standard InChI is InChI=1S/C18H17ClN4O/c1-12-20-16-8-4-5-9-17(16)23(12)13-10-22(11-13)18(24)21-15-7-3-2-6-14(15)19/h2-9,13H,10-11H2,1H3,(H,21,24). The Kier molecular flexibility index (Phi) is 3.65. The summed E-state index contributed by atoms with van der Waals surface area (Å²) in [4.78, 5) is 18.7. The van der Waals surface area contributed by atoms with Gasteiger partial charge in [-0.3, -0.25) is 0 Å². The Labute approximate surface area is 144 Å². The van der Waals surface area contributed by atoms with E-state index in [1.165, 1.54) is 0 Å². The van der Waals surface area contributed by atoms with E-state index in [1.54, 1.807) is 17.0 Å². The van der Waals surface area contributed by atoms with Gasteiger partial charge in [-0.1, -0.05) is 35.9 Å². The molecule has 0 aliphatic carbocycles. The average Bonchev–Trinajstić information content (AvgIpc) is 2.85. The van der Waals surface area contributed by atoms with Crippen molar-refractivity contribution in [3.05, 3.63) is 59.4 Å². The second-order valence-corrected chi connectivity index (χ2v) is 6.39. The molecule has 1 saturated heterocycles. The molecule has 1 N–H and O–H groups in total. The molecule has 1 aromatic heterocycles. The van der Waals surface area contributed by atoms with Gasteiger partial charge in [-0.05, 0) is 31.2 Å². The number of benzene rings is 2. The number of anilines is 1. The highest BCUT2D eigenvalue weighted by atomic mass is 35.5. The van der Waals surface area contributed by atoms with Gasteiger partial charge in [0.05, 0.1) is 27.8 Å². The zero-order chi connectivity index (χ0) is 16.7. The van der Waals surface area contributed by atoms with Gasteiger partial charge in [0.25, 0.3) is 0 Å². The van der Waals surface area contributed by atoms with Crippen molar-refractivity contribution in [1.29, 1.82) is 0 Å². The molecule has 4 rings (SSSR count). The molecule has 0 atom stereocenters. The van der Waals surface area contributed by atoms with Crippen LogP contribution < -0.4 is 5.32 Å². The Morgan fingerprint density at radius 3 is 2.67 bits per heavy atom. The first-order chi connectivity index (χ1) is 11.6. The van der Waals surface area contributed by atoms with E-state index in [-0.39, 0.29) is 12.1 Å². The van der Waals surface area contributed by atoms with E-state index >= 15 is 0 Å². The first-order valence-electron chi connectivity index (χ1n) is 7.87. The summed E-state index contributed by atoms with van der Waals surface area (Å²) in [5, 5.41) is 3.40. The fourth-order valence-electron chi connectivity index (χ4n) is 3.17. The zero-order valence-corrected chi connectivity index (χ0v) is 14.0. The lowest BCUT2D eigenvalue weighted by molar-refractivity contribution is 0.136. The first kappa shape index (κ1) is 15.0. The van der Waals surface area contributed by atoms with Gasteiger partial charge in [0.2, 0.25) is 0 Å². The van der Waals surface area contributed by atoms with Gasteiger partial charge in [0.15, 0.2) is 0 Å². The summed E-state index contributed by atoms with van der Waals surface area (Å²) in [5.41, 5.74) is 2.75. The van der Waals surface area contributed by atoms with Crippen LogP contribution in [-0.2, 0) is 0 Å². The molecule has 1 aliphatic heterocycles. The van der Waals surface area contributed by atoms with E-state index in [0.717, 1.165) is 16.9 Å². The van der Waals surface area contributed by atoms with Crippen LogP contribution in [-0.4, -0.2) is 33.6 Å². The maximum atomic E-state index is 12.3. The molecule has 1 fully saturated rings. The van der Waals surface area contributed by atoms with Crippen LogP contribution in [0.4, 0.5) is 10.5 Å². The Morgan fingerprint density at radius 1 is 1.17 bits per heavy atom. The molecule has 2 aromatic carbocycles. The molecule has 6 heteroatoms. The minimum Gasteiger partial charge on any atom is -0.321 e. The highest BCUT2D eigenvalue weighted by Gasteiger charge is 2.33. The lowest BCUT2D eigenvalue weighted by atomic mass is 10.1. The molecule has 0 saturated carbocycles. The van der Waals surface area contributed by atoms with Gasteiger partial charge in [-0.25, -0.2) is 9.78 Å². The number of imidazole rings is 1. The van der Waals surface area contributed by atoms with Crippen LogP contribution in [0.15, 0.2) is 48.5 Å². The number of carbonyl (C=O) groups excluding carboxylic acids is 1. The van der Waals surface area contributed by atoms with E-state index in [1.807, 2.05) is 37.3 Å². The number of halogens is 1. The van der Waals surface area contributed by atoms with Gasteiger partial charge in [0.1, 0.15) is 5.82 Å². The van der Waals surface area contributed by atoms with Crippen molar-refractivity contribution in [3.8, 4) is 0 Å². The van der Waals surface area contributed by atoms with E-state index in [4.69, 9.17) is 11.6 Å². The number of aryl methyl sites for hydroxylation is 1. The maximum Gasteiger partial charge on any atom is 0.322 e. The Balaban J connectivity index is 1.47. The third-order valence-corrected chi connectivity index (χ3v) is 4.73. The molecule has 1 aliphatic rings. The molecule has 0 unspecified atom stereocenters. The number of aromatic nitrogens is 2. The van der Waals surface area contributed by atoms with Gasteiger partial charge in [-0.2, -0.15) is 0 Å². The van der Waals surface area contributed by atoms with E-state index in [2.05, 4.69) is 20.9 Å². The second-order valence-electron chi connectivity index (χ2n) is 5.99.